The topological polar surface area (TPSA) is 26.3 Å². The van der Waals surface area contributed by atoms with Crippen molar-refractivity contribution in [2.75, 3.05) is 7.11 Å². The highest BCUT2D eigenvalue weighted by Crippen LogP contribution is 2.23. The molecule has 0 atom stereocenters. The van der Waals surface area contributed by atoms with Gasteiger partial charge in [-0.25, -0.2) is 0 Å². The van der Waals surface area contributed by atoms with Crippen molar-refractivity contribution in [2.45, 2.75) is 64.9 Å². The second kappa shape index (κ2) is 6.99. The SMILES string of the molecule is CCCCCC(=O)C(CC)(CC)OC. The molecule has 2 nitrogen and oxygen atoms in total. The van der Waals surface area contributed by atoms with Crippen LogP contribution in [-0.4, -0.2) is 18.5 Å². The Bertz CT molecular complexity index is 151. The Morgan fingerprint density at radius 1 is 1.14 bits per heavy atom. The lowest BCUT2D eigenvalue weighted by molar-refractivity contribution is -0.142. The van der Waals surface area contributed by atoms with Crippen molar-refractivity contribution < 1.29 is 9.53 Å². The highest BCUT2D eigenvalue weighted by atomic mass is 16.5. The average molecular weight is 200 g/mol. The van der Waals surface area contributed by atoms with Gasteiger partial charge in [0.25, 0.3) is 0 Å². The first kappa shape index (κ1) is 13.6. The Balaban J connectivity index is 4.15. The first-order chi connectivity index (χ1) is 6.66. The van der Waals surface area contributed by atoms with Gasteiger partial charge in [0.15, 0.2) is 5.78 Å². The van der Waals surface area contributed by atoms with Crippen LogP contribution in [0.5, 0.6) is 0 Å². The van der Waals surface area contributed by atoms with Gasteiger partial charge in [-0.3, -0.25) is 4.79 Å². The van der Waals surface area contributed by atoms with Gasteiger partial charge < -0.3 is 4.74 Å². The number of hydrogen-bond donors (Lipinski definition) is 0. The second-order valence-electron chi connectivity index (χ2n) is 3.79. The summed E-state index contributed by atoms with van der Waals surface area (Å²) in [6, 6.07) is 0. The molecular weight excluding hydrogens is 176 g/mol. The third-order valence-electron chi connectivity index (χ3n) is 3.05. The van der Waals surface area contributed by atoms with Gasteiger partial charge in [0.2, 0.25) is 0 Å². The maximum Gasteiger partial charge on any atom is 0.164 e. The lowest BCUT2D eigenvalue weighted by Crippen LogP contribution is -2.39. The standard InChI is InChI=1S/C12H24O2/c1-5-8-9-10-11(13)12(6-2,7-3)14-4/h5-10H2,1-4H3. The highest BCUT2D eigenvalue weighted by molar-refractivity contribution is 5.87. The van der Waals surface area contributed by atoms with Gasteiger partial charge in [-0.2, -0.15) is 0 Å². The van der Waals surface area contributed by atoms with Crippen LogP contribution in [-0.2, 0) is 9.53 Å². The smallest absolute Gasteiger partial charge is 0.164 e. The van der Waals surface area contributed by atoms with E-state index in [0.717, 1.165) is 32.1 Å². The van der Waals surface area contributed by atoms with Crippen LogP contribution < -0.4 is 0 Å². The van der Waals surface area contributed by atoms with E-state index in [1.165, 1.54) is 0 Å². The number of ketones is 1. The molecule has 0 unspecified atom stereocenters. The summed E-state index contributed by atoms with van der Waals surface area (Å²) in [5, 5.41) is 0. The summed E-state index contributed by atoms with van der Waals surface area (Å²) in [7, 11) is 1.64. The van der Waals surface area contributed by atoms with Crippen molar-refractivity contribution in [1.29, 1.82) is 0 Å². The van der Waals surface area contributed by atoms with Gasteiger partial charge in [0.1, 0.15) is 5.60 Å². The minimum absolute atomic E-state index is 0.276. The molecule has 0 saturated carbocycles. The summed E-state index contributed by atoms with van der Waals surface area (Å²) in [6.07, 6.45) is 5.53. The molecule has 0 rings (SSSR count). The monoisotopic (exact) mass is 200 g/mol. The van der Waals surface area contributed by atoms with E-state index >= 15 is 0 Å². The lowest BCUT2D eigenvalue weighted by atomic mass is 9.89. The van der Waals surface area contributed by atoms with Crippen molar-refractivity contribution in [3.63, 3.8) is 0 Å². The summed E-state index contributed by atoms with van der Waals surface area (Å²) < 4.78 is 5.38. The maximum absolute atomic E-state index is 11.9. The maximum atomic E-state index is 11.9. The van der Waals surface area contributed by atoms with Crippen molar-refractivity contribution >= 4 is 5.78 Å². The highest BCUT2D eigenvalue weighted by Gasteiger charge is 2.33. The molecule has 0 radical (unpaired) electrons. The molecule has 0 aromatic heterocycles. The number of carbonyl (C=O) groups excluding carboxylic acids is 1. The van der Waals surface area contributed by atoms with Gasteiger partial charge in [-0.1, -0.05) is 33.6 Å². The van der Waals surface area contributed by atoms with Gasteiger partial charge in [-0.05, 0) is 19.3 Å². The van der Waals surface area contributed by atoms with E-state index in [0.29, 0.717) is 6.42 Å². The zero-order valence-electron chi connectivity index (χ0n) is 10.1. The summed E-state index contributed by atoms with van der Waals surface area (Å²) >= 11 is 0. The van der Waals surface area contributed by atoms with Crippen LogP contribution in [0.3, 0.4) is 0 Å². The fourth-order valence-corrected chi connectivity index (χ4v) is 1.81. The Morgan fingerprint density at radius 2 is 1.71 bits per heavy atom. The summed E-state index contributed by atoms with van der Waals surface area (Å²) in [5.41, 5.74) is -0.506. The molecule has 0 aliphatic rings. The van der Waals surface area contributed by atoms with E-state index in [4.69, 9.17) is 4.74 Å². The van der Waals surface area contributed by atoms with Crippen molar-refractivity contribution in [3.8, 4) is 0 Å². The molecule has 2 heteroatoms. The second-order valence-corrected chi connectivity index (χ2v) is 3.79. The Morgan fingerprint density at radius 3 is 2.07 bits per heavy atom. The Labute approximate surface area is 88.0 Å². The minimum atomic E-state index is -0.506. The molecule has 0 aromatic carbocycles. The molecule has 84 valence electrons. The quantitative estimate of drug-likeness (QED) is 0.562. The van der Waals surface area contributed by atoms with Gasteiger partial charge in [0, 0.05) is 13.5 Å². The van der Waals surface area contributed by atoms with Crippen LogP contribution in [0.2, 0.25) is 0 Å². The van der Waals surface area contributed by atoms with Crippen molar-refractivity contribution in [1.82, 2.24) is 0 Å². The lowest BCUT2D eigenvalue weighted by Gasteiger charge is -2.28. The number of rotatable bonds is 8. The average Bonchev–Trinajstić information content (AvgIpc) is 2.22. The van der Waals surface area contributed by atoms with Gasteiger partial charge >= 0.3 is 0 Å². The molecule has 0 heterocycles. The molecule has 14 heavy (non-hydrogen) atoms. The summed E-state index contributed by atoms with van der Waals surface area (Å²) in [5.74, 6) is 0.276. The van der Waals surface area contributed by atoms with Crippen molar-refractivity contribution in [3.05, 3.63) is 0 Å². The minimum Gasteiger partial charge on any atom is -0.370 e. The fraction of sp³-hybridized carbons (Fsp3) is 0.917. The number of ether oxygens (including phenoxy) is 1. The van der Waals surface area contributed by atoms with Crippen LogP contribution in [0.25, 0.3) is 0 Å². The Kier molecular flexibility index (Phi) is 6.81. The number of methoxy groups -OCH3 is 1. The molecule has 0 amide bonds. The molecule has 0 saturated heterocycles. The van der Waals surface area contributed by atoms with E-state index in [2.05, 4.69) is 6.92 Å². The zero-order chi connectivity index (χ0) is 11.0. The van der Waals surface area contributed by atoms with Crippen LogP contribution in [0.1, 0.15) is 59.3 Å². The van der Waals surface area contributed by atoms with E-state index in [9.17, 15) is 4.79 Å². The first-order valence-electron chi connectivity index (χ1n) is 5.75. The normalized spacial score (nSPS) is 11.7. The largest absolute Gasteiger partial charge is 0.370 e. The molecule has 0 bridgehead atoms. The van der Waals surface area contributed by atoms with Gasteiger partial charge in [0.05, 0.1) is 0 Å². The number of unbranched alkanes of at least 4 members (excludes halogenated alkanes) is 2. The molecule has 0 fully saturated rings. The predicted octanol–water partition coefficient (Wildman–Crippen LogP) is 3.34. The Hall–Kier alpha value is -0.370. The van der Waals surface area contributed by atoms with Crippen LogP contribution in [0.15, 0.2) is 0 Å². The summed E-state index contributed by atoms with van der Waals surface area (Å²) in [4.78, 5) is 11.9. The van der Waals surface area contributed by atoms with Crippen LogP contribution in [0.4, 0.5) is 0 Å². The van der Waals surface area contributed by atoms with Gasteiger partial charge in [-0.15, -0.1) is 0 Å². The molecule has 0 aliphatic carbocycles. The van der Waals surface area contributed by atoms with E-state index in [1.54, 1.807) is 7.11 Å². The molecule has 0 aromatic rings. The number of hydrogen-bond acceptors (Lipinski definition) is 2. The van der Waals surface area contributed by atoms with E-state index in [-0.39, 0.29) is 5.78 Å². The molecule has 0 spiro atoms. The first-order valence-corrected chi connectivity index (χ1v) is 5.75. The predicted molar refractivity (Wildman–Crippen MR) is 59.5 cm³/mol. The number of Topliss-reactive ketones (excluding diaryl/α,β-unsaturated/α-hetero) is 1. The third kappa shape index (κ3) is 3.41. The van der Waals surface area contributed by atoms with Crippen molar-refractivity contribution in [2.24, 2.45) is 0 Å². The number of carbonyl (C=O) groups is 1. The van der Waals surface area contributed by atoms with Crippen LogP contribution >= 0.6 is 0 Å². The molecule has 0 aliphatic heterocycles. The van der Waals surface area contributed by atoms with E-state index < -0.39 is 5.60 Å². The summed E-state index contributed by atoms with van der Waals surface area (Å²) in [6.45, 7) is 6.18. The fourth-order valence-electron chi connectivity index (χ4n) is 1.81. The molecular formula is C12H24O2. The van der Waals surface area contributed by atoms with Crippen LogP contribution in [0, 0.1) is 0 Å². The molecule has 0 N–H and O–H groups in total. The third-order valence-corrected chi connectivity index (χ3v) is 3.05. The zero-order valence-corrected chi connectivity index (χ0v) is 10.1. The van der Waals surface area contributed by atoms with E-state index in [1.807, 2.05) is 13.8 Å².